The van der Waals surface area contributed by atoms with Crippen LogP contribution in [0.15, 0.2) is 0 Å². The van der Waals surface area contributed by atoms with Crippen molar-refractivity contribution in [1.82, 2.24) is 15.5 Å². The molecule has 0 radical (unpaired) electrons. The molecule has 0 aromatic rings. The van der Waals surface area contributed by atoms with Gasteiger partial charge in [-0.25, -0.2) is 4.79 Å². The zero-order chi connectivity index (χ0) is 12.0. The molecule has 3 amide bonds. The summed E-state index contributed by atoms with van der Waals surface area (Å²) >= 11 is 0. The molecule has 1 aliphatic heterocycles. The smallest absolute Gasteiger partial charge is 0.321 e. The maximum Gasteiger partial charge on any atom is 0.321 e. The Kier molecular flexibility index (Phi) is 5.17. The number of hydrogen-bond acceptors (Lipinski definition) is 5. The van der Waals surface area contributed by atoms with Gasteiger partial charge < -0.3 is 15.2 Å². The molecule has 1 heterocycles. The number of hydrogen-bond donors (Lipinski definition) is 3. The van der Waals surface area contributed by atoms with Crippen molar-refractivity contribution in [3.05, 3.63) is 0 Å². The van der Waals surface area contributed by atoms with Crippen LogP contribution in [0, 0.1) is 0 Å². The molecular formula is C9H17N3O4. The van der Waals surface area contributed by atoms with E-state index in [2.05, 4.69) is 10.6 Å². The summed E-state index contributed by atoms with van der Waals surface area (Å²) in [5.41, 5.74) is 0. The first-order valence-corrected chi connectivity index (χ1v) is 5.12. The highest BCUT2D eigenvalue weighted by molar-refractivity contribution is 5.95. The number of carbonyl (C=O) groups is 2. The fourth-order valence-electron chi connectivity index (χ4n) is 1.47. The Hall–Kier alpha value is -1.18. The molecule has 0 aromatic heterocycles. The summed E-state index contributed by atoms with van der Waals surface area (Å²) in [4.78, 5) is 24.1. The normalized spacial score (nSPS) is 21.5. The maximum atomic E-state index is 11.4. The van der Waals surface area contributed by atoms with Crippen LogP contribution in [-0.2, 0) is 9.53 Å². The fraction of sp³-hybridized carbons (Fsp3) is 0.778. The minimum Gasteiger partial charge on any atom is -0.394 e. The first kappa shape index (κ1) is 12.9. The number of amides is 3. The molecule has 1 rings (SSSR count). The van der Waals surface area contributed by atoms with E-state index in [1.807, 2.05) is 4.90 Å². The van der Waals surface area contributed by atoms with Crippen molar-refractivity contribution in [2.24, 2.45) is 0 Å². The molecule has 3 N–H and O–H groups in total. The molecular weight excluding hydrogens is 214 g/mol. The third kappa shape index (κ3) is 4.13. The van der Waals surface area contributed by atoms with Crippen LogP contribution in [0.25, 0.3) is 0 Å². The number of ether oxygens (including phenoxy) is 1. The standard InChI is InChI=1S/C9H17N3O4/c1-10-9(15)11-8(14)5-12-2-3-16-7(4-12)6-13/h7,13H,2-6H2,1H3,(H2,10,11,14,15). The van der Waals surface area contributed by atoms with Crippen LogP contribution in [0.4, 0.5) is 4.79 Å². The van der Waals surface area contributed by atoms with E-state index in [0.29, 0.717) is 19.7 Å². The summed E-state index contributed by atoms with van der Waals surface area (Å²) in [7, 11) is 1.44. The quantitative estimate of drug-likeness (QED) is 0.529. The van der Waals surface area contributed by atoms with Crippen LogP contribution in [-0.4, -0.2) is 67.9 Å². The molecule has 1 atom stereocenters. The van der Waals surface area contributed by atoms with Crippen molar-refractivity contribution in [2.45, 2.75) is 6.10 Å². The average Bonchev–Trinajstić information content (AvgIpc) is 2.28. The van der Waals surface area contributed by atoms with E-state index < -0.39 is 6.03 Å². The van der Waals surface area contributed by atoms with Gasteiger partial charge in [0.05, 0.1) is 25.9 Å². The van der Waals surface area contributed by atoms with Gasteiger partial charge in [0.1, 0.15) is 0 Å². The summed E-state index contributed by atoms with van der Waals surface area (Å²) in [5, 5.41) is 13.4. The van der Waals surface area contributed by atoms with Gasteiger partial charge in [-0.15, -0.1) is 0 Å². The molecule has 1 fully saturated rings. The fourth-order valence-corrected chi connectivity index (χ4v) is 1.47. The van der Waals surface area contributed by atoms with E-state index in [9.17, 15) is 9.59 Å². The lowest BCUT2D eigenvalue weighted by atomic mass is 10.3. The number of urea groups is 1. The van der Waals surface area contributed by atoms with E-state index >= 15 is 0 Å². The second-order valence-electron chi connectivity index (χ2n) is 3.54. The van der Waals surface area contributed by atoms with Crippen LogP contribution in [0.3, 0.4) is 0 Å². The van der Waals surface area contributed by atoms with Crippen molar-refractivity contribution >= 4 is 11.9 Å². The van der Waals surface area contributed by atoms with Gasteiger partial charge in [-0.1, -0.05) is 0 Å². The van der Waals surface area contributed by atoms with Gasteiger partial charge in [-0.3, -0.25) is 15.0 Å². The van der Waals surface area contributed by atoms with Crippen LogP contribution in [0.5, 0.6) is 0 Å². The Balaban J connectivity index is 2.30. The molecule has 0 saturated carbocycles. The van der Waals surface area contributed by atoms with Crippen molar-refractivity contribution in [3.63, 3.8) is 0 Å². The van der Waals surface area contributed by atoms with Crippen LogP contribution in [0.1, 0.15) is 0 Å². The monoisotopic (exact) mass is 231 g/mol. The Morgan fingerprint density at radius 1 is 1.56 bits per heavy atom. The SMILES string of the molecule is CNC(=O)NC(=O)CN1CCOC(CO)C1. The second-order valence-corrected chi connectivity index (χ2v) is 3.54. The van der Waals surface area contributed by atoms with Crippen molar-refractivity contribution in [1.29, 1.82) is 0 Å². The van der Waals surface area contributed by atoms with Gasteiger partial charge in [0.25, 0.3) is 0 Å². The number of aliphatic hydroxyl groups excluding tert-OH is 1. The summed E-state index contributed by atoms with van der Waals surface area (Å²) in [6, 6.07) is -0.517. The van der Waals surface area contributed by atoms with Gasteiger partial charge in [0.2, 0.25) is 5.91 Å². The highest BCUT2D eigenvalue weighted by Crippen LogP contribution is 2.03. The topological polar surface area (TPSA) is 90.9 Å². The molecule has 7 nitrogen and oxygen atoms in total. The first-order valence-electron chi connectivity index (χ1n) is 5.12. The maximum absolute atomic E-state index is 11.4. The van der Waals surface area contributed by atoms with Crippen molar-refractivity contribution in [3.8, 4) is 0 Å². The van der Waals surface area contributed by atoms with E-state index in [0.717, 1.165) is 0 Å². The zero-order valence-electron chi connectivity index (χ0n) is 9.23. The van der Waals surface area contributed by atoms with Gasteiger partial charge >= 0.3 is 6.03 Å². The average molecular weight is 231 g/mol. The van der Waals surface area contributed by atoms with Crippen molar-refractivity contribution in [2.75, 3.05) is 39.9 Å². The second kappa shape index (κ2) is 6.41. The number of nitrogens with zero attached hydrogens (tertiary/aromatic N) is 1. The molecule has 16 heavy (non-hydrogen) atoms. The van der Waals surface area contributed by atoms with Gasteiger partial charge in [0, 0.05) is 20.1 Å². The third-order valence-electron chi connectivity index (χ3n) is 2.27. The zero-order valence-corrected chi connectivity index (χ0v) is 9.23. The predicted molar refractivity (Wildman–Crippen MR) is 55.9 cm³/mol. The minimum absolute atomic E-state index is 0.0619. The number of morpholine rings is 1. The van der Waals surface area contributed by atoms with E-state index in [1.165, 1.54) is 7.05 Å². The Labute approximate surface area is 93.7 Å². The largest absolute Gasteiger partial charge is 0.394 e. The number of aliphatic hydroxyl groups is 1. The van der Waals surface area contributed by atoms with Gasteiger partial charge in [-0.2, -0.15) is 0 Å². The lowest BCUT2D eigenvalue weighted by Gasteiger charge is -2.31. The summed E-state index contributed by atoms with van der Waals surface area (Å²) in [6.45, 7) is 1.68. The number of nitrogens with one attached hydrogen (secondary N) is 2. The first-order chi connectivity index (χ1) is 7.65. The van der Waals surface area contributed by atoms with Crippen LogP contribution < -0.4 is 10.6 Å². The van der Waals surface area contributed by atoms with Crippen molar-refractivity contribution < 1.29 is 19.4 Å². The Morgan fingerprint density at radius 2 is 2.31 bits per heavy atom. The van der Waals surface area contributed by atoms with Gasteiger partial charge in [0.15, 0.2) is 0 Å². The number of carbonyl (C=O) groups excluding carboxylic acids is 2. The number of rotatable bonds is 3. The molecule has 7 heteroatoms. The Morgan fingerprint density at radius 3 is 2.94 bits per heavy atom. The predicted octanol–water partition coefficient (Wildman–Crippen LogP) is -1.86. The van der Waals surface area contributed by atoms with Crippen LogP contribution >= 0.6 is 0 Å². The van der Waals surface area contributed by atoms with Gasteiger partial charge in [-0.05, 0) is 0 Å². The molecule has 0 spiro atoms. The minimum atomic E-state index is -0.517. The van der Waals surface area contributed by atoms with E-state index in [-0.39, 0.29) is 25.2 Å². The van der Waals surface area contributed by atoms with E-state index in [1.54, 1.807) is 0 Å². The lowest BCUT2D eigenvalue weighted by molar-refractivity contribution is -0.123. The summed E-state index contributed by atoms with van der Waals surface area (Å²) in [6.07, 6.45) is -0.249. The molecule has 1 unspecified atom stereocenters. The van der Waals surface area contributed by atoms with Crippen LogP contribution in [0.2, 0.25) is 0 Å². The molecule has 0 aliphatic carbocycles. The number of imide groups is 1. The summed E-state index contributed by atoms with van der Waals surface area (Å²) in [5.74, 6) is -0.363. The molecule has 1 saturated heterocycles. The third-order valence-corrected chi connectivity index (χ3v) is 2.27. The molecule has 0 aromatic carbocycles. The lowest BCUT2D eigenvalue weighted by Crippen LogP contribution is -2.49. The summed E-state index contributed by atoms with van der Waals surface area (Å²) < 4.78 is 5.24. The van der Waals surface area contributed by atoms with E-state index in [4.69, 9.17) is 9.84 Å². The molecule has 1 aliphatic rings. The molecule has 0 bridgehead atoms. The Bertz CT molecular complexity index is 259. The highest BCUT2D eigenvalue weighted by Gasteiger charge is 2.21. The molecule has 92 valence electrons. The highest BCUT2D eigenvalue weighted by atomic mass is 16.5.